The third-order valence-corrected chi connectivity index (χ3v) is 10.1. The zero-order valence-corrected chi connectivity index (χ0v) is 31.6. The van der Waals surface area contributed by atoms with E-state index < -0.39 is 77.6 Å². The number of aromatic hydroxyl groups is 1. The summed E-state index contributed by atoms with van der Waals surface area (Å²) in [6.07, 6.45) is -2.04. The number of carbonyl (C=O) groups excluding carboxylic acids is 6. The van der Waals surface area contributed by atoms with Gasteiger partial charge in [-0.05, 0) is 73.4 Å². The smallest absolute Gasteiger partial charge is 0.246 e. The highest BCUT2D eigenvalue weighted by Gasteiger charge is 2.40. The van der Waals surface area contributed by atoms with Gasteiger partial charge in [-0.2, -0.15) is 0 Å². The van der Waals surface area contributed by atoms with E-state index in [1.54, 1.807) is 30.3 Å². The SMILES string of the molecule is COc1ccc(C[C@H]2C(=O)N[C@H](C)C(=O)N(C)[C@@H]3C(=O)N[C@@H](Cc4ccc(O)c(c4)Oc4ccc(cc4)[C@H]3O)C(=O)C[C@@H](C)C(=O)N[C@H](C)C(=O)N2C)cc1. The number of ether oxygens (including phenoxy) is 2. The molecule has 0 spiro atoms. The summed E-state index contributed by atoms with van der Waals surface area (Å²) in [6, 6.07) is 11.0. The van der Waals surface area contributed by atoms with Crippen LogP contribution in [-0.4, -0.2) is 107 Å². The molecule has 3 aromatic carbocycles. The first kappa shape index (κ1) is 40.2. The van der Waals surface area contributed by atoms with Crippen LogP contribution in [-0.2, 0) is 41.6 Å². The van der Waals surface area contributed by atoms with Crippen molar-refractivity contribution in [3.8, 4) is 23.0 Å². The average Bonchev–Trinajstić information content (AvgIpc) is 3.16. The number of phenolic OH excluding ortho intramolecular Hbond substituents is 1. The van der Waals surface area contributed by atoms with E-state index >= 15 is 0 Å². The number of nitrogens with one attached hydrogen (secondary N) is 3. The van der Waals surface area contributed by atoms with Gasteiger partial charge in [0.05, 0.1) is 13.2 Å². The zero-order valence-electron chi connectivity index (χ0n) is 31.6. The van der Waals surface area contributed by atoms with Gasteiger partial charge in [-0.25, -0.2) is 0 Å². The lowest BCUT2D eigenvalue weighted by molar-refractivity contribution is -0.147. The van der Waals surface area contributed by atoms with E-state index in [9.17, 15) is 39.0 Å². The minimum Gasteiger partial charge on any atom is -0.504 e. The second kappa shape index (κ2) is 17.0. The van der Waals surface area contributed by atoms with Crippen molar-refractivity contribution in [3.63, 3.8) is 0 Å². The number of benzene rings is 3. The number of hydrogen-bond acceptors (Lipinski definition) is 10. The van der Waals surface area contributed by atoms with Crippen molar-refractivity contribution >= 4 is 35.3 Å². The summed E-state index contributed by atoms with van der Waals surface area (Å²) in [5.41, 5.74) is 1.39. The highest BCUT2D eigenvalue weighted by atomic mass is 16.5. The van der Waals surface area contributed by atoms with Gasteiger partial charge in [0.2, 0.25) is 29.5 Å². The van der Waals surface area contributed by atoms with Crippen molar-refractivity contribution in [1.29, 1.82) is 0 Å². The number of amides is 5. The van der Waals surface area contributed by atoms with Crippen molar-refractivity contribution in [1.82, 2.24) is 25.8 Å². The molecule has 15 heteroatoms. The lowest BCUT2D eigenvalue weighted by atomic mass is 9.93. The molecule has 0 radical (unpaired) electrons. The predicted molar refractivity (Wildman–Crippen MR) is 199 cm³/mol. The Hall–Kier alpha value is -5.96. The molecular weight excluding hydrogens is 710 g/mol. The van der Waals surface area contributed by atoms with Crippen LogP contribution < -0.4 is 25.4 Å². The van der Waals surface area contributed by atoms with E-state index in [-0.39, 0.29) is 36.3 Å². The topological polar surface area (TPSA) is 204 Å². The number of likely N-dealkylation sites (N-methyl/N-ethyl adjacent to an activating group) is 2. The highest BCUT2D eigenvalue weighted by molar-refractivity contribution is 5.98. The Kier molecular flexibility index (Phi) is 12.4. The van der Waals surface area contributed by atoms with Gasteiger partial charge in [0.25, 0.3) is 0 Å². The lowest BCUT2D eigenvalue weighted by Gasteiger charge is -2.35. The van der Waals surface area contributed by atoms with E-state index in [2.05, 4.69) is 16.0 Å². The highest BCUT2D eigenvalue weighted by Crippen LogP contribution is 2.34. The molecule has 0 aromatic heterocycles. The normalized spacial score (nSPS) is 25.9. The number of carbonyl (C=O) groups is 6. The molecule has 0 saturated carbocycles. The average molecular weight is 758 g/mol. The van der Waals surface area contributed by atoms with Crippen LogP contribution in [0, 0.1) is 5.92 Å². The zero-order chi connectivity index (χ0) is 40.1. The van der Waals surface area contributed by atoms with E-state index in [0.717, 1.165) is 4.90 Å². The summed E-state index contributed by atoms with van der Waals surface area (Å²) in [4.78, 5) is 85.8. The van der Waals surface area contributed by atoms with Crippen molar-refractivity contribution in [2.75, 3.05) is 21.2 Å². The van der Waals surface area contributed by atoms with Crippen LogP contribution in [0.1, 0.15) is 50.0 Å². The van der Waals surface area contributed by atoms with Gasteiger partial charge >= 0.3 is 0 Å². The molecule has 3 heterocycles. The molecule has 0 unspecified atom stereocenters. The van der Waals surface area contributed by atoms with Crippen molar-refractivity contribution in [2.45, 2.75) is 76.3 Å². The summed E-state index contributed by atoms with van der Waals surface area (Å²) in [5, 5.41) is 30.3. The number of aliphatic hydroxyl groups excluding tert-OH is 1. The quantitative estimate of drug-likeness (QED) is 0.262. The number of phenols is 1. The Morgan fingerprint density at radius 2 is 1.38 bits per heavy atom. The maximum atomic E-state index is 14.3. The fourth-order valence-corrected chi connectivity index (χ4v) is 6.70. The Balaban J connectivity index is 1.57. The molecule has 15 nitrogen and oxygen atoms in total. The van der Waals surface area contributed by atoms with Crippen LogP contribution in [0.3, 0.4) is 0 Å². The van der Waals surface area contributed by atoms with Crippen LogP contribution >= 0.6 is 0 Å². The molecule has 55 heavy (non-hydrogen) atoms. The molecule has 7 atom stereocenters. The molecule has 292 valence electrons. The number of Topliss-reactive ketones (excluding diaryl/α,β-unsaturated/α-hetero) is 1. The second-order valence-electron chi connectivity index (χ2n) is 14.1. The number of methoxy groups -OCH3 is 1. The molecule has 5 N–H and O–H groups in total. The maximum absolute atomic E-state index is 14.3. The minimum absolute atomic E-state index is 0.0355. The van der Waals surface area contributed by atoms with E-state index in [1.165, 1.54) is 83.3 Å². The molecular formula is C40H47N5O10. The van der Waals surface area contributed by atoms with Crippen LogP contribution in [0.4, 0.5) is 0 Å². The van der Waals surface area contributed by atoms with E-state index in [4.69, 9.17) is 9.47 Å². The number of ketones is 1. The molecule has 6 rings (SSSR count). The summed E-state index contributed by atoms with van der Waals surface area (Å²) in [6.45, 7) is 4.39. The van der Waals surface area contributed by atoms with Crippen LogP contribution in [0.5, 0.6) is 23.0 Å². The summed E-state index contributed by atoms with van der Waals surface area (Å²) < 4.78 is 11.1. The first-order valence-corrected chi connectivity index (χ1v) is 18.0. The van der Waals surface area contributed by atoms with Crippen LogP contribution in [0.25, 0.3) is 0 Å². The monoisotopic (exact) mass is 757 g/mol. The Morgan fingerprint density at radius 3 is 2.02 bits per heavy atom. The number of nitrogens with zero attached hydrogens (tertiary/aromatic N) is 2. The minimum atomic E-state index is -1.63. The van der Waals surface area contributed by atoms with Gasteiger partial charge in [0.15, 0.2) is 17.3 Å². The largest absolute Gasteiger partial charge is 0.504 e. The summed E-state index contributed by atoms with van der Waals surface area (Å²) in [5.74, 6) is -4.19. The number of hydrogen-bond donors (Lipinski definition) is 5. The van der Waals surface area contributed by atoms with Gasteiger partial charge in [0.1, 0.15) is 41.8 Å². The lowest BCUT2D eigenvalue weighted by Crippen LogP contribution is -2.60. The molecule has 5 amide bonds. The maximum Gasteiger partial charge on any atom is 0.246 e. The van der Waals surface area contributed by atoms with Gasteiger partial charge in [-0.15, -0.1) is 0 Å². The fraction of sp³-hybridized carbons (Fsp3) is 0.400. The first-order chi connectivity index (χ1) is 26.1. The molecule has 3 aliphatic heterocycles. The van der Waals surface area contributed by atoms with Gasteiger partial charge in [-0.3, -0.25) is 28.8 Å². The molecule has 0 aliphatic carbocycles. The number of fused-ring (bicyclic) bond motifs is 2. The number of rotatable bonds is 3. The van der Waals surface area contributed by atoms with Crippen LogP contribution in [0.2, 0.25) is 0 Å². The molecule has 1 saturated heterocycles. The van der Waals surface area contributed by atoms with Gasteiger partial charge in [-0.1, -0.05) is 37.3 Å². The Labute approximate surface area is 319 Å². The fourth-order valence-electron chi connectivity index (χ4n) is 6.70. The van der Waals surface area contributed by atoms with E-state index in [1.807, 2.05) is 0 Å². The van der Waals surface area contributed by atoms with E-state index in [0.29, 0.717) is 22.6 Å². The first-order valence-electron chi connectivity index (χ1n) is 18.0. The molecule has 6 bridgehead atoms. The third-order valence-electron chi connectivity index (χ3n) is 10.1. The Morgan fingerprint density at radius 1 is 0.764 bits per heavy atom. The molecule has 1 fully saturated rings. The third kappa shape index (κ3) is 9.23. The predicted octanol–water partition coefficient (Wildman–Crippen LogP) is 1.78. The van der Waals surface area contributed by atoms with Gasteiger partial charge in [0, 0.05) is 32.9 Å². The summed E-state index contributed by atoms with van der Waals surface area (Å²) >= 11 is 0. The molecule has 3 aromatic rings. The van der Waals surface area contributed by atoms with Gasteiger partial charge < -0.3 is 45.4 Å². The van der Waals surface area contributed by atoms with Crippen molar-refractivity contribution in [3.05, 3.63) is 83.4 Å². The Bertz CT molecular complexity index is 1940. The van der Waals surface area contributed by atoms with Crippen molar-refractivity contribution in [2.24, 2.45) is 5.92 Å². The van der Waals surface area contributed by atoms with Crippen LogP contribution in [0.15, 0.2) is 66.7 Å². The second-order valence-corrected chi connectivity index (χ2v) is 14.1. The van der Waals surface area contributed by atoms with Crippen molar-refractivity contribution < 1.29 is 48.5 Å². The summed E-state index contributed by atoms with van der Waals surface area (Å²) in [7, 11) is 4.24. The molecule has 3 aliphatic rings. The standard InChI is InChI=1S/C40H47N5O10/c1-21-17-32(47)29-18-25-9-16-31(46)33(20-25)55-28-14-10-26(11-15-28)35(48)34(38(51)43-29)45(5)40(53)23(3)42-37(50)30(19-24-7-12-27(54-6)13-8-24)44(4)39(52)22(2)41-36(21)49/h7-16,20-23,29-30,34-35,46,48H,17-19H2,1-6H3,(H,41,49)(H,42,50)(H,43,51)/t21-,22-,23-,29+,30+,34+,35-/m1/s1. The number of aliphatic hydroxyl groups is 1.